The van der Waals surface area contributed by atoms with Gasteiger partial charge in [0.1, 0.15) is 0 Å². The van der Waals surface area contributed by atoms with Gasteiger partial charge in [-0.2, -0.15) is 0 Å². The number of halogens is 1. The third-order valence-electron chi connectivity index (χ3n) is 5.40. The minimum absolute atomic E-state index is 0. The molecule has 5 nitrogen and oxygen atoms in total. The second-order valence-electron chi connectivity index (χ2n) is 7.39. The standard InChI is InChI=1S/C20H43N5.HI/c1-6-21-20(22-15-17-24(5)19-13-9-10-14-19)23-18(4)12-11-16-25(7-2)8-3;/h18-19H,6-17H2,1-5H3,(H2,21,22,23);1H. The van der Waals surface area contributed by atoms with Crippen molar-refractivity contribution in [3.63, 3.8) is 0 Å². The summed E-state index contributed by atoms with van der Waals surface area (Å²) in [5.41, 5.74) is 0. The van der Waals surface area contributed by atoms with E-state index in [0.29, 0.717) is 6.04 Å². The van der Waals surface area contributed by atoms with E-state index < -0.39 is 0 Å². The van der Waals surface area contributed by atoms with Crippen LogP contribution in [0.25, 0.3) is 0 Å². The predicted molar refractivity (Wildman–Crippen MR) is 126 cm³/mol. The molecule has 1 fully saturated rings. The molecular formula is C20H44IN5. The lowest BCUT2D eigenvalue weighted by molar-refractivity contribution is 0.252. The maximum atomic E-state index is 4.78. The lowest BCUT2D eigenvalue weighted by Gasteiger charge is -2.24. The molecule has 0 aromatic rings. The van der Waals surface area contributed by atoms with E-state index in [9.17, 15) is 0 Å². The van der Waals surface area contributed by atoms with Crippen LogP contribution in [0.5, 0.6) is 0 Å². The van der Waals surface area contributed by atoms with E-state index in [1.165, 1.54) is 45.1 Å². The highest BCUT2D eigenvalue weighted by Crippen LogP contribution is 2.21. The van der Waals surface area contributed by atoms with Crippen LogP contribution in [0, 0.1) is 0 Å². The van der Waals surface area contributed by atoms with Gasteiger partial charge >= 0.3 is 0 Å². The number of likely N-dealkylation sites (N-methyl/N-ethyl adjacent to an activating group) is 1. The molecular weight excluding hydrogens is 437 g/mol. The fourth-order valence-corrected chi connectivity index (χ4v) is 3.63. The molecule has 0 spiro atoms. The number of nitrogens with zero attached hydrogens (tertiary/aromatic N) is 3. The summed E-state index contributed by atoms with van der Waals surface area (Å²) < 4.78 is 0. The summed E-state index contributed by atoms with van der Waals surface area (Å²) in [6.07, 6.45) is 7.94. The summed E-state index contributed by atoms with van der Waals surface area (Å²) in [6.45, 7) is 15.2. The van der Waals surface area contributed by atoms with Crippen molar-refractivity contribution in [3.8, 4) is 0 Å². The van der Waals surface area contributed by atoms with Crippen molar-refractivity contribution >= 4 is 29.9 Å². The van der Waals surface area contributed by atoms with E-state index >= 15 is 0 Å². The molecule has 6 heteroatoms. The average molecular weight is 482 g/mol. The number of nitrogens with one attached hydrogen (secondary N) is 2. The minimum atomic E-state index is 0. The van der Waals surface area contributed by atoms with Crippen LogP contribution in [0.4, 0.5) is 0 Å². The smallest absolute Gasteiger partial charge is 0.191 e. The zero-order valence-electron chi connectivity index (χ0n) is 17.9. The van der Waals surface area contributed by atoms with Crippen molar-refractivity contribution in [1.29, 1.82) is 0 Å². The SMILES string of the molecule is CCNC(=NCCN(C)C1CCCC1)NC(C)CCCN(CC)CC.I. The first-order valence-electron chi connectivity index (χ1n) is 10.6. The maximum absolute atomic E-state index is 4.78. The average Bonchev–Trinajstić information content (AvgIpc) is 3.13. The lowest BCUT2D eigenvalue weighted by Crippen LogP contribution is -2.43. The Morgan fingerprint density at radius 1 is 1.12 bits per heavy atom. The van der Waals surface area contributed by atoms with Gasteiger partial charge in [-0.25, -0.2) is 0 Å². The van der Waals surface area contributed by atoms with E-state index in [1.807, 2.05) is 0 Å². The van der Waals surface area contributed by atoms with Gasteiger partial charge in [-0.15, -0.1) is 24.0 Å². The van der Waals surface area contributed by atoms with Gasteiger partial charge < -0.3 is 20.4 Å². The molecule has 0 heterocycles. The van der Waals surface area contributed by atoms with Crippen LogP contribution < -0.4 is 10.6 Å². The molecule has 1 aliphatic rings. The third-order valence-corrected chi connectivity index (χ3v) is 5.40. The van der Waals surface area contributed by atoms with E-state index in [2.05, 4.69) is 55.2 Å². The molecule has 0 aromatic carbocycles. The maximum Gasteiger partial charge on any atom is 0.191 e. The Balaban J connectivity index is 0.00000625. The zero-order valence-corrected chi connectivity index (χ0v) is 20.2. The van der Waals surface area contributed by atoms with E-state index in [-0.39, 0.29) is 24.0 Å². The quantitative estimate of drug-likeness (QED) is 0.254. The van der Waals surface area contributed by atoms with Crippen LogP contribution >= 0.6 is 24.0 Å². The fraction of sp³-hybridized carbons (Fsp3) is 0.950. The van der Waals surface area contributed by atoms with Gasteiger partial charge in [-0.3, -0.25) is 4.99 Å². The summed E-state index contributed by atoms with van der Waals surface area (Å²) in [5, 5.41) is 6.96. The predicted octanol–water partition coefficient (Wildman–Crippen LogP) is 3.54. The third kappa shape index (κ3) is 10.9. The molecule has 1 rings (SSSR count). The van der Waals surface area contributed by atoms with Gasteiger partial charge in [0.2, 0.25) is 0 Å². The highest BCUT2D eigenvalue weighted by atomic mass is 127. The first kappa shape index (κ1) is 25.9. The summed E-state index contributed by atoms with van der Waals surface area (Å²) in [5.74, 6) is 0.970. The zero-order chi connectivity index (χ0) is 18.5. The largest absolute Gasteiger partial charge is 0.357 e. The molecule has 1 saturated carbocycles. The fourth-order valence-electron chi connectivity index (χ4n) is 3.63. The van der Waals surface area contributed by atoms with Crippen molar-refractivity contribution in [1.82, 2.24) is 20.4 Å². The van der Waals surface area contributed by atoms with E-state index in [0.717, 1.165) is 44.7 Å². The summed E-state index contributed by atoms with van der Waals surface area (Å²) in [7, 11) is 2.25. The van der Waals surface area contributed by atoms with Crippen LogP contribution in [0.2, 0.25) is 0 Å². The first-order chi connectivity index (χ1) is 12.1. The Morgan fingerprint density at radius 2 is 1.77 bits per heavy atom. The molecule has 1 atom stereocenters. The summed E-state index contributed by atoms with van der Waals surface area (Å²) in [4.78, 5) is 9.77. The minimum Gasteiger partial charge on any atom is -0.357 e. The van der Waals surface area contributed by atoms with Gasteiger partial charge in [0.05, 0.1) is 6.54 Å². The van der Waals surface area contributed by atoms with Crippen LogP contribution in [0.3, 0.4) is 0 Å². The highest BCUT2D eigenvalue weighted by Gasteiger charge is 2.18. The normalized spacial score (nSPS) is 16.8. The van der Waals surface area contributed by atoms with Gasteiger partial charge in [0.25, 0.3) is 0 Å². The van der Waals surface area contributed by atoms with Gasteiger partial charge in [0.15, 0.2) is 5.96 Å². The first-order valence-corrected chi connectivity index (χ1v) is 10.6. The Labute approximate surface area is 179 Å². The Morgan fingerprint density at radius 3 is 2.35 bits per heavy atom. The van der Waals surface area contributed by atoms with Crippen molar-refractivity contribution in [2.24, 2.45) is 4.99 Å². The molecule has 156 valence electrons. The monoisotopic (exact) mass is 481 g/mol. The lowest BCUT2D eigenvalue weighted by atomic mass is 10.2. The van der Waals surface area contributed by atoms with Crippen molar-refractivity contribution in [2.75, 3.05) is 46.3 Å². The molecule has 2 N–H and O–H groups in total. The molecule has 26 heavy (non-hydrogen) atoms. The molecule has 0 saturated heterocycles. The number of hydrogen-bond acceptors (Lipinski definition) is 3. The van der Waals surface area contributed by atoms with Gasteiger partial charge in [-0.1, -0.05) is 26.7 Å². The molecule has 1 aliphatic carbocycles. The van der Waals surface area contributed by atoms with Gasteiger partial charge in [-0.05, 0) is 66.2 Å². The van der Waals surface area contributed by atoms with Crippen molar-refractivity contribution in [3.05, 3.63) is 0 Å². The highest BCUT2D eigenvalue weighted by molar-refractivity contribution is 14.0. The molecule has 1 unspecified atom stereocenters. The molecule has 0 bridgehead atoms. The number of guanidine groups is 1. The Bertz CT molecular complexity index is 354. The Kier molecular flexibility index (Phi) is 15.9. The number of rotatable bonds is 12. The molecule has 0 amide bonds. The summed E-state index contributed by atoms with van der Waals surface area (Å²) >= 11 is 0. The second kappa shape index (κ2) is 15.9. The topological polar surface area (TPSA) is 42.9 Å². The Hall–Kier alpha value is -0.0800. The van der Waals surface area contributed by atoms with Crippen molar-refractivity contribution < 1.29 is 0 Å². The molecule has 0 aromatic heterocycles. The molecule has 0 radical (unpaired) electrons. The number of hydrogen-bond donors (Lipinski definition) is 2. The van der Waals surface area contributed by atoms with Crippen molar-refractivity contribution in [2.45, 2.75) is 78.3 Å². The number of aliphatic imine (C=N–C) groups is 1. The van der Waals surface area contributed by atoms with Crippen LogP contribution in [0.15, 0.2) is 4.99 Å². The summed E-state index contributed by atoms with van der Waals surface area (Å²) in [6, 6.07) is 1.24. The van der Waals surface area contributed by atoms with Crippen LogP contribution in [-0.4, -0.2) is 74.2 Å². The van der Waals surface area contributed by atoms with E-state index in [4.69, 9.17) is 4.99 Å². The van der Waals surface area contributed by atoms with Crippen LogP contribution in [0.1, 0.15) is 66.2 Å². The second-order valence-corrected chi connectivity index (χ2v) is 7.39. The van der Waals surface area contributed by atoms with Gasteiger partial charge in [0, 0.05) is 25.2 Å². The van der Waals surface area contributed by atoms with E-state index in [1.54, 1.807) is 0 Å². The van der Waals surface area contributed by atoms with Crippen LogP contribution in [-0.2, 0) is 0 Å². The molecule has 0 aliphatic heterocycles.